The molecule has 0 saturated carbocycles. The highest BCUT2D eigenvalue weighted by Gasteiger charge is 2.19. The first kappa shape index (κ1) is 14.1. The Kier molecular flexibility index (Phi) is 3.79. The SMILES string of the molecule is CC(C)NC(=O)C(C)n1c(N)cc2ccccc2c1=O. The Labute approximate surface area is 117 Å². The van der Waals surface area contributed by atoms with Crippen LogP contribution in [0.25, 0.3) is 10.8 Å². The normalized spacial score (nSPS) is 12.6. The van der Waals surface area contributed by atoms with Gasteiger partial charge < -0.3 is 11.1 Å². The van der Waals surface area contributed by atoms with Crippen molar-refractivity contribution in [1.29, 1.82) is 0 Å². The standard InChI is InChI=1S/C15H19N3O2/c1-9(2)17-14(19)10(3)18-13(16)8-11-6-4-5-7-12(11)15(18)20/h4-10H,16H2,1-3H3,(H,17,19). The lowest BCUT2D eigenvalue weighted by atomic mass is 10.1. The van der Waals surface area contributed by atoms with Crippen LogP contribution in [0.1, 0.15) is 26.8 Å². The maximum absolute atomic E-state index is 12.5. The number of hydrogen-bond donors (Lipinski definition) is 2. The summed E-state index contributed by atoms with van der Waals surface area (Å²) in [5, 5.41) is 4.13. The summed E-state index contributed by atoms with van der Waals surface area (Å²) in [6, 6.07) is 8.30. The van der Waals surface area contributed by atoms with E-state index in [-0.39, 0.29) is 17.5 Å². The number of benzene rings is 1. The fourth-order valence-electron chi connectivity index (χ4n) is 2.22. The first-order valence-corrected chi connectivity index (χ1v) is 6.62. The minimum atomic E-state index is -0.644. The van der Waals surface area contributed by atoms with Crippen LogP contribution in [-0.2, 0) is 4.79 Å². The summed E-state index contributed by atoms with van der Waals surface area (Å²) >= 11 is 0. The molecular formula is C15H19N3O2. The van der Waals surface area contributed by atoms with E-state index in [1.165, 1.54) is 4.57 Å². The second-order valence-corrected chi connectivity index (χ2v) is 5.17. The minimum absolute atomic E-state index is 0.0160. The van der Waals surface area contributed by atoms with Crippen molar-refractivity contribution in [2.75, 3.05) is 5.73 Å². The molecule has 2 aromatic rings. The average molecular weight is 273 g/mol. The number of nitrogen functional groups attached to an aromatic ring is 1. The molecule has 0 saturated heterocycles. The lowest BCUT2D eigenvalue weighted by molar-refractivity contribution is -0.124. The monoisotopic (exact) mass is 273 g/mol. The Hall–Kier alpha value is -2.30. The lowest BCUT2D eigenvalue weighted by Crippen LogP contribution is -2.39. The Morgan fingerprint density at radius 1 is 1.25 bits per heavy atom. The summed E-state index contributed by atoms with van der Waals surface area (Å²) in [5.74, 6) is 0.0733. The smallest absolute Gasteiger partial charge is 0.260 e. The van der Waals surface area contributed by atoms with E-state index >= 15 is 0 Å². The zero-order chi connectivity index (χ0) is 14.9. The van der Waals surface area contributed by atoms with Gasteiger partial charge >= 0.3 is 0 Å². The topological polar surface area (TPSA) is 77.1 Å². The van der Waals surface area contributed by atoms with Crippen LogP contribution in [0.15, 0.2) is 35.1 Å². The van der Waals surface area contributed by atoms with Crippen LogP contribution >= 0.6 is 0 Å². The van der Waals surface area contributed by atoms with Gasteiger partial charge in [0.05, 0.1) is 0 Å². The second kappa shape index (κ2) is 5.36. The van der Waals surface area contributed by atoms with Gasteiger partial charge in [0.25, 0.3) is 5.56 Å². The highest BCUT2D eigenvalue weighted by atomic mass is 16.2. The summed E-state index contributed by atoms with van der Waals surface area (Å²) in [6.07, 6.45) is 0. The van der Waals surface area contributed by atoms with Gasteiger partial charge in [-0.15, -0.1) is 0 Å². The molecule has 0 radical (unpaired) electrons. The van der Waals surface area contributed by atoms with Gasteiger partial charge in [-0.2, -0.15) is 0 Å². The molecule has 106 valence electrons. The van der Waals surface area contributed by atoms with E-state index in [1.807, 2.05) is 26.0 Å². The summed E-state index contributed by atoms with van der Waals surface area (Å²) < 4.78 is 1.33. The Morgan fingerprint density at radius 2 is 1.90 bits per heavy atom. The fraction of sp³-hybridized carbons (Fsp3) is 0.333. The molecule has 1 unspecified atom stereocenters. The minimum Gasteiger partial charge on any atom is -0.385 e. The molecular weight excluding hydrogens is 254 g/mol. The quantitative estimate of drug-likeness (QED) is 0.893. The predicted molar refractivity (Wildman–Crippen MR) is 80.6 cm³/mol. The molecule has 0 bridgehead atoms. The zero-order valence-electron chi connectivity index (χ0n) is 11.9. The van der Waals surface area contributed by atoms with Gasteiger partial charge in [0.1, 0.15) is 11.9 Å². The number of nitrogens with two attached hydrogens (primary N) is 1. The molecule has 1 aromatic heterocycles. The third-order valence-electron chi connectivity index (χ3n) is 3.19. The highest BCUT2D eigenvalue weighted by Crippen LogP contribution is 2.17. The van der Waals surface area contributed by atoms with Crippen molar-refractivity contribution in [2.45, 2.75) is 32.9 Å². The van der Waals surface area contributed by atoms with Crippen molar-refractivity contribution >= 4 is 22.5 Å². The van der Waals surface area contributed by atoms with E-state index in [9.17, 15) is 9.59 Å². The Balaban J connectivity index is 2.54. The molecule has 0 spiro atoms. The lowest BCUT2D eigenvalue weighted by Gasteiger charge is -2.19. The van der Waals surface area contributed by atoms with E-state index in [2.05, 4.69) is 5.32 Å². The predicted octanol–water partition coefficient (Wildman–Crippen LogP) is 1.67. The zero-order valence-corrected chi connectivity index (χ0v) is 11.9. The first-order chi connectivity index (χ1) is 9.41. The van der Waals surface area contributed by atoms with Crippen LogP contribution in [0.3, 0.4) is 0 Å². The van der Waals surface area contributed by atoms with Crippen LogP contribution in [0.5, 0.6) is 0 Å². The van der Waals surface area contributed by atoms with E-state index in [0.29, 0.717) is 11.2 Å². The van der Waals surface area contributed by atoms with E-state index in [0.717, 1.165) is 5.39 Å². The summed E-state index contributed by atoms with van der Waals surface area (Å²) in [4.78, 5) is 24.6. The van der Waals surface area contributed by atoms with Crippen molar-refractivity contribution in [2.24, 2.45) is 0 Å². The van der Waals surface area contributed by atoms with Crippen molar-refractivity contribution in [3.05, 3.63) is 40.7 Å². The largest absolute Gasteiger partial charge is 0.385 e. The summed E-state index contributed by atoms with van der Waals surface area (Å²) in [6.45, 7) is 5.42. The Morgan fingerprint density at radius 3 is 2.55 bits per heavy atom. The molecule has 3 N–H and O–H groups in total. The Bertz CT molecular complexity index is 704. The number of rotatable bonds is 3. The van der Waals surface area contributed by atoms with Crippen molar-refractivity contribution in [3.63, 3.8) is 0 Å². The van der Waals surface area contributed by atoms with Gasteiger partial charge in [0, 0.05) is 11.4 Å². The second-order valence-electron chi connectivity index (χ2n) is 5.17. The molecule has 0 aliphatic rings. The van der Waals surface area contributed by atoms with Gasteiger partial charge in [-0.05, 0) is 38.3 Å². The number of carbonyl (C=O) groups excluding carboxylic acids is 1. The maximum Gasteiger partial charge on any atom is 0.260 e. The molecule has 1 amide bonds. The molecule has 20 heavy (non-hydrogen) atoms. The van der Waals surface area contributed by atoms with Crippen LogP contribution in [0.4, 0.5) is 5.82 Å². The maximum atomic E-state index is 12.5. The number of pyridine rings is 1. The molecule has 1 aromatic carbocycles. The number of amides is 1. The summed E-state index contributed by atoms with van der Waals surface area (Å²) in [7, 11) is 0. The molecule has 0 aliphatic heterocycles. The molecule has 2 rings (SSSR count). The van der Waals surface area contributed by atoms with Gasteiger partial charge in [-0.25, -0.2) is 0 Å². The summed E-state index contributed by atoms with van der Waals surface area (Å²) in [5.41, 5.74) is 5.70. The van der Waals surface area contributed by atoms with Crippen molar-refractivity contribution in [3.8, 4) is 0 Å². The fourth-order valence-corrected chi connectivity index (χ4v) is 2.22. The van der Waals surface area contributed by atoms with Crippen LogP contribution in [0.2, 0.25) is 0 Å². The number of nitrogens with zero attached hydrogens (tertiary/aromatic N) is 1. The third-order valence-corrected chi connectivity index (χ3v) is 3.19. The van der Waals surface area contributed by atoms with Crippen molar-refractivity contribution < 1.29 is 4.79 Å². The van der Waals surface area contributed by atoms with Gasteiger partial charge in [0.15, 0.2) is 0 Å². The van der Waals surface area contributed by atoms with E-state index < -0.39 is 6.04 Å². The van der Waals surface area contributed by atoms with Gasteiger partial charge in [-0.3, -0.25) is 14.2 Å². The number of anilines is 1. The van der Waals surface area contributed by atoms with Crippen LogP contribution in [-0.4, -0.2) is 16.5 Å². The van der Waals surface area contributed by atoms with Crippen LogP contribution < -0.4 is 16.6 Å². The number of carbonyl (C=O) groups is 1. The number of nitrogens with one attached hydrogen (secondary N) is 1. The molecule has 0 aliphatic carbocycles. The molecule has 1 atom stereocenters. The van der Waals surface area contributed by atoms with Crippen LogP contribution in [0, 0.1) is 0 Å². The first-order valence-electron chi connectivity index (χ1n) is 6.62. The number of hydrogen-bond acceptors (Lipinski definition) is 3. The third kappa shape index (κ3) is 2.52. The van der Waals surface area contributed by atoms with Crippen molar-refractivity contribution in [1.82, 2.24) is 9.88 Å². The molecule has 5 heteroatoms. The van der Waals surface area contributed by atoms with Gasteiger partial charge in [0.2, 0.25) is 5.91 Å². The number of aromatic nitrogens is 1. The molecule has 5 nitrogen and oxygen atoms in total. The van der Waals surface area contributed by atoms with Gasteiger partial charge in [-0.1, -0.05) is 18.2 Å². The number of fused-ring (bicyclic) bond motifs is 1. The average Bonchev–Trinajstić information content (AvgIpc) is 2.37. The van der Waals surface area contributed by atoms with E-state index in [4.69, 9.17) is 5.73 Å². The van der Waals surface area contributed by atoms with E-state index in [1.54, 1.807) is 25.1 Å². The highest BCUT2D eigenvalue weighted by molar-refractivity contribution is 5.85. The molecule has 0 fully saturated rings. The molecule has 1 heterocycles.